The first-order valence-electron chi connectivity index (χ1n) is 6.87. The summed E-state index contributed by atoms with van der Waals surface area (Å²) in [5.74, 6) is 0.806. The van der Waals surface area contributed by atoms with Crippen molar-refractivity contribution < 1.29 is 5.11 Å². The van der Waals surface area contributed by atoms with Crippen LogP contribution in [0.2, 0.25) is 0 Å². The molecular formula is C17H17N3O. The Morgan fingerprint density at radius 3 is 2.76 bits per heavy atom. The van der Waals surface area contributed by atoms with Gasteiger partial charge in [0.2, 0.25) is 0 Å². The summed E-state index contributed by atoms with van der Waals surface area (Å²) in [6.07, 6.45) is 3.60. The first-order valence-corrected chi connectivity index (χ1v) is 6.87. The van der Waals surface area contributed by atoms with Crippen molar-refractivity contribution in [1.29, 1.82) is 0 Å². The van der Waals surface area contributed by atoms with Gasteiger partial charge in [0.15, 0.2) is 0 Å². The summed E-state index contributed by atoms with van der Waals surface area (Å²) in [5.41, 5.74) is 2.88. The molecule has 21 heavy (non-hydrogen) atoms. The molecule has 0 saturated heterocycles. The number of aromatic nitrogens is 2. The second kappa shape index (κ2) is 5.89. The normalized spacial score (nSPS) is 10.8. The van der Waals surface area contributed by atoms with Crippen LogP contribution in [0.15, 0.2) is 54.9 Å². The lowest BCUT2D eigenvalue weighted by atomic mass is 10.1. The maximum Gasteiger partial charge on any atom is 0.134 e. The Morgan fingerprint density at radius 1 is 1.14 bits per heavy atom. The fourth-order valence-electron chi connectivity index (χ4n) is 2.44. The van der Waals surface area contributed by atoms with Gasteiger partial charge in [0.05, 0.1) is 12.1 Å². The van der Waals surface area contributed by atoms with E-state index < -0.39 is 0 Å². The van der Waals surface area contributed by atoms with Gasteiger partial charge in [0.25, 0.3) is 0 Å². The van der Waals surface area contributed by atoms with Gasteiger partial charge in [0, 0.05) is 36.9 Å². The van der Waals surface area contributed by atoms with Gasteiger partial charge in [-0.1, -0.05) is 24.3 Å². The Morgan fingerprint density at radius 2 is 2.00 bits per heavy atom. The molecule has 0 aliphatic rings. The number of benzene rings is 1. The van der Waals surface area contributed by atoms with Gasteiger partial charge in [-0.05, 0) is 23.8 Å². The maximum atomic E-state index is 9.61. The highest BCUT2D eigenvalue weighted by Gasteiger charge is 2.11. The van der Waals surface area contributed by atoms with Crippen LogP contribution in [0.1, 0.15) is 11.1 Å². The highest BCUT2D eigenvalue weighted by Crippen LogP contribution is 2.24. The fourth-order valence-corrected chi connectivity index (χ4v) is 2.44. The van der Waals surface area contributed by atoms with Crippen LogP contribution in [0.25, 0.3) is 10.9 Å². The molecule has 4 heteroatoms. The fraction of sp³-hybridized carbons (Fsp3) is 0.176. The zero-order chi connectivity index (χ0) is 14.7. The number of aliphatic hydroxyl groups is 1. The molecule has 0 unspecified atom stereocenters. The van der Waals surface area contributed by atoms with Crippen molar-refractivity contribution in [3.05, 3.63) is 66.0 Å². The molecule has 2 heterocycles. The molecular weight excluding hydrogens is 262 g/mol. The molecule has 106 valence electrons. The Labute approximate surface area is 123 Å². The van der Waals surface area contributed by atoms with E-state index in [1.54, 1.807) is 6.20 Å². The van der Waals surface area contributed by atoms with E-state index in [2.05, 4.69) is 9.97 Å². The van der Waals surface area contributed by atoms with Crippen molar-refractivity contribution in [2.45, 2.75) is 13.2 Å². The average Bonchev–Trinajstić information content (AvgIpc) is 2.54. The third kappa shape index (κ3) is 2.85. The van der Waals surface area contributed by atoms with Gasteiger partial charge in [-0.15, -0.1) is 0 Å². The summed E-state index contributed by atoms with van der Waals surface area (Å²) in [4.78, 5) is 10.9. The highest BCUT2D eigenvalue weighted by molar-refractivity contribution is 5.81. The van der Waals surface area contributed by atoms with Gasteiger partial charge >= 0.3 is 0 Å². The van der Waals surface area contributed by atoms with E-state index in [1.165, 1.54) is 0 Å². The second-order valence-electron chi connectivity index (χ2n) is 5.04. The minimum absolute atomic E-state index is 0.0233. The number of hydrogen-bond donors (Lipinski definition) is 1. The minimum atomic E-state index is -0.0233. The van der Waals surface area contributed by atoms with Crippen molar-refractivity contribution in [2.24, 2.45) is 0 Å². The molecule has 0 radical (unpaired) electrons. The molecule has 0 aliphatic carbocycles. The first kappa shape index (κ1) is 13.5. The van der Waals surface area contributed by atoms with E-state index in [0.29, 0.717) is 6.54 Å². The molecule has 0 spiro atoms. The Kier molecular flexibility index (Phi) is 3.79. The van der Waals surface area contributed by atoms with Crippen LogP contribution >= 0.6 is 0 Å². The lowest BCUT2D eigenvalue weighted by Crippen LogP contribution is -2.19. The van der Waals surface area contributed by atoms with E-state index in [0.717, 1.165) is 27.8 Å². The lowest BCUT2D eigenvalue weighted by molar-refractivity contribution is 0.282. The van der Waals surface area contributed by atoms with Gasteiger partial charge in [0.1, 0.15) is 5.82 Å². The van der Waals surface area contributed by atoms with Gasteiger partial charge in [-0.2, -0.15) is 0 Å². The molecule has 1 N–H and O–H groups in total. The summed E-state index contributed by atoms with van der Waals surface area (Å²) in [6, 6.07) is 13.9. The van der Waals surface area contributed by atoms with Crippen molar-refractivity contribution in [3.8, 4) is 0 Å². The number of rotatable bonds is 4. The quantitative estimate of drug-likeness (QED) is 0.798. The summed E-state index contributed by atoms with van der Waals surface area (Å²) < 4.78 is 0. The van der Waals surface area contributed by atoms with E-state index in [-0.39, 0.29) is 6.61 Å². The lowest BCUT2D eigenvalue weighted by Gasteiger charge is -2.21. The number of hydrogen-bond acceptors (Lipinski definition) is 4. The third-order valence-corrected chi connectivity index (χ3v) is 3.45. The Bertz CT molecular complexity index is 743. The molecule has 4 nitrogen and oxygen atoms in total. The number of anilines is 1. The molecule has 0 aliphatic heterocycles. The van der Waals surface area contributed by atoms with Crippen molar-refractivity contribution in [2.75, 3.05) is 11.9 Å². The van der Waals surface area contributed by atoms with Crippen LogP contribution in [0, 0.1) is 0 Å². The molecule has 0 amide bonds. The van der Waals surface area contributed by atoms with Crippen LogP contribution in [-0.4, -0.2) is 22.1 Å². The van der Waals surface area contributed by atoms with E-state index in [4.69, 9.17) is 0 Å². The van der Waals surface area contributed by atoms with Crippen LogP contribution in [0.3, 0.4) is 0 Å². The van der Waals surface area contributed by atoms with Crippen LogP contribution in [-0.2, 0) is 13.2 Å². The number of aliphatic hydroxyl groups excluding tert-OH is 1. The monoisotopic (exact) mass is 279 g/mol. The molecule has 0 bridgehead atoms. The van der Waals surface area contributed by atoms with Gasteiger partial charge in [-0.25, -0.2) is 4.98 Å². The predicted molar refractivity (Wildman–Crippen MR) is 84.0 cm³/mol. The summed E-state index contributed by atoms with van der Waals surface area (Å²) in [6.45, 7) is 0.677. The third-order valence-electron chi connectivity index (χ3n) is 3.45. The molecule has 3 rings (SSSR count). The smallest absolute Gasteiger partial charge is 0.134 e. The first-order chi connectivity index (χ1) is 10.3. The summed E-state index contributed by atoms with van der Waals surface area (Å²) in [5, 5.41) is 10.7. The SMILES string of the molecule is CN(Cc1cccnc1)c1nc2ccccc2cc1CO. The number of pyridine rings is 2. The average molecular weight is 279 g/mol. The topological polar surface area (TPSA) is 49.2 Å². The largest absolute Gasteiger partial charge is 0.392 e. The summed E-state index contributed by atoms with van der Waals surface area (Å²) in [7, 11) is 1.98. The Hall–Kier alpha value is -2.46. The number of nitrogens with zero attached hydrogens (tertiary/aromatic N) is 3. The predicted octanol–water partition coefficient (Wildman–Crippen LogP) is 2.76. The van der Waals surface area contributed by atoms with E-state index >= 15 is 0 Å². The molecule has 1 aromatic carbocycles. The number of para-hydroxylation sites is 1. The van der Waals surface area contributed by atoms with Gasteiger partial charge < -0.3 is 10.0 Å². The maximum absolute atomic E-state index is 9.61. The molecule has 0 saturated carbocycles. The van der Waals surface area contributed by atoms with Crippen molar-refractivity contribution in [1.82, 2.24) is 9.97 Å². The molecule has 0 atom stereocenters. The van der Waals surface area contributed by atoms with Crippen molar-refractivity contribution >= 4 is 16.7 Å². The zero-order valence-corrected chi connectivity index (χ0v) is 11.9. The van der Waals surface area contributed by atoms with Crippen molar-refractivity contribution in [3.63, 3.8) is 0 Å². The Balaban J connectivity index is 1.98. The van der Waals surface area contributed by atoms with Crippen LogP contribution in [0.4, 0.5) is 5.82 Å². The number of fused-ring (bicyclic) bond motifs is 1. The zero-order valence-electron chi connectivity index (χ0n) is 11.9. The highest BCUT2D eigenvalue weighted by atomic mass is 16.3. The summed E-state index contributed by atoms with van der Waals surface area (Å²) >= 11 is 0. The van der Waals surface area contributed by atoms with E-state index in [9.17, 15) is 5.11 Å². The second-order valence-corrected chi connectivity index (χ2v) is 5.04. The molecule has 0 fully saturated rings. The minimum Gasteiger partial charge on any atom is -0.392 e. The standard InChI is InChI=1S/C17H17N3O/c1-20(11-13-5-4-8-18-10-13)17-15(12-21)9-14-6-2-3-7-16(14)19-17/h2-10,21H,11-12H2,1H3. The van der Waals surface area contributed by atoms with Crippen LogP contribution in [0.5, 0.6) is 0 Å². The van der Waals surface area contributed by atoms with Crippen LogP contribution < -0.4 is 4.90 Å². The molecule has 2 aromatic heterocycles. The molecule has 3 aromatic rings. The van der Waals surface area contributed by atoms with E-state index in [1.807, 2.05) is 60.6 Å². The van der Waals surface area contributed by atoms with Gasteiger partial charge in [-0.3, -0.25) is 4.98 Å².